The van der Waals surface area contributed by atoms with E-state index in [9.17, 15) is 13.2 Å². The van der Waals surface area contributed by atoms with Gasteiger partial charge in [-0.1, -0.05) is 17.4 Å². The van der Waals surface area contributed by atoms with E-state index in [1.54, 1.807) is 42.7 Å². The normalized spacial score (nSPS) is 11.6. The molecule has 0 unspecified atom stereocenters. The number of amides is 1. The molecule has 0 aliphatic heterocycles. The molecule has 0 saturated carbocycles. The van der Waals surface area contributed by atoms with Crippen LogP contribution >= 0.6 is 11.3 Å². The molecule has 3 heterocycles. The van der Waals surface area contributed by atoms with Crippen LogP contribution in [0.2, 0.25) is 0 Å². The molecule has 28 heavy (non-hydrogen) atoms. The lowest BCUT2D eigenvalue weighted by Gasteiger charge is -2.18. The smallest absolute Gasteiger partial charge is 0.296 e. The summed E-state index contributed by atoms with van der Waals surface area (Å²) in [5.41, 5.74) is 1.45. The number of fused-ring (bicyclic) bond motifs is 1. The summed E-state index contributed by atoms with van der Waals surface area (Å²) in [4.78, 5) is 23.3. The van der Waals surface area contributed by atoms with Gasteiger partial charge < -0.3 is 4.42 Å². The standard InChI is InChI=1S/C19H15N3O4S2/c1-28(24,25)14-6-7-15-17(10-14)27-19(21-15)22(12-13-4-2-8-20-11-13)18(23)16-5-3-9-26-16/h2-11H,12H2,1H3. The molecule has 0 aliphatic carbocycles. The van der Waals surface area contributed by atoms with Crippen molar-refractivity contribution in [3.05, 3.63) is 72.4 Å². The minimum absolute atomic E-state index is 0.194. The van der Waals surface area contributed by atoms with Crippen molar-refractivity contribution < 1.29 is 17.6 Å². The van der Waals surface area contributed by atoms with Gasteiger partial charge in [0.1, 0.15) is 0 Å². The first-order valence-electron chi connectivity index (χ1n) is 8.27. The first kappa shape index (κ1) is 18.3. The predicted molar refractivity (Wildman–Crippen MR) is 106 cm³/mol. The number of carbonyl (C=O) groups is 1. The fourth-order valence-electron chi connectivity index (χ4n) is 2.67. The van der Waals surface area contributed by atoms with Gasteiger partial charge in [0.05, 0.1) is 27.9 Å². The van der Waals surface area contributed by atoms with Crippen LogP contribution in [0.25, 0.3) is 10.2 Å². The van der Waals surface area contributed by atoms with E-state index < -0.39 is 9.84 Å². The quantitative estimate of drug-likeness (QED) is 0.497. The summed E-state index contributed by atoms with van der Waals surface area (Å²) < 4.78 is 29.6. The van der Waals surface area contributed by atoms with Crippen molar-refractivity contribution in [2.45, 2.75) is 11.4 Å². The highest BCUT2D eigenvalue weighted by atomic mass is 32.2. The van der Waals surface area contributed by atoms with Crippen LogP contribution in [0.1, 0.15) is 16.1 Å². The van der Waals surface area contributed by atoms with Crippen molar-refractivity contribution in [3.63, 3.8) is 0 Å². The summed E-state index contributed by atoms with van der Waals surface area (Å²) >= 11 is 1.25. The Labute approximate surface area is 165 Å². The molecule has 0 fully saturated rings. The summed E-state index contributed by atoms with van der Waals surface area (Å²) in [6.07, 6.45) is 5.93. The van der Waals surface area contributed by atoms with Gasteiger partial charge in [-0.05, 0) is 42.0 Å². The molecule has 0 spiro atoms. The fraction of sp³-hybridized carbons (Fsp3) is 0.105. The van der Waals surface area contributed by atoms with Gasteiger partial charge in [-0.3, -0.25) is 14.7 Å². The van der Waals surface area contributed by atoms with Crippen LogP contribution in [0.3, 0.4) is 0 Å². The Morgan fingerprint density at radius 1 is 1.21 bits per heavy atom. The van der Waals surface area contributed by atoms with E-state index >= 15 is 0 Å². The third kappa shape index (κ3) is 3.67. The monoisotopic (exact) mass is 413 g/mol. The van der Waals surface area contributed by atoms with Crippen molar-refractivity contribution in [2.75, 3.05) is 11.2 Å². The number of aromatic nitrogens is 2. The maximum absolute atomic E-state index is 13.0. The number of pyridine rings is 1. The lowest BCUT2D eigenvalue weighted by atomic mass is 10.2. The maximum Gasteiger partial charge on any atom is 0.296 e. The number of furan rings is 1. The molecule has 0 atom stereocenters. The second kappa shape index (κ2) is 7.17. The number of carbonyl (C=O) groups excluding carboxylic acids is 1. The summed E-state index contributed by atoms with van der Waals surface area (Å²) in [5, 5.41) is 0.450. The molecule has 0 radical (unpaired) electrons. The summed E-state index contributed by atoms with van der Waals surface area (Å²) in [6, 6.07) is 11.6. The third-order valence-corrected chi connectivity index (χ3v) is 6.20. The Balaban J connectivity index is 1.78. The SMILES string of the molecule is CS(=O)(=O)c1ccc2nc(N(Cc3cccnc3)C(=O)c3ccco3)sc2c1. The Morgan fingerprint density at radius 3 is 2.75 bits per heavy atom. The van der Waals surface area contributed by atoms with Crippen molar-refractivity contribution in [1.82, 2.24) is 9.97 Å². The van der Waals surface area contributed by atoms with Gasteiger partial charge in [-0.25, -0.2) is 13.4 Å². The molecule has 0 aliphatic rings. The number of sulfone groups is 1. The zero-order valence-electron chi connectivity index (χ0n) is 14.8. The zero-order chi connectivity index (χ0) is 19.7. The fourth-order valence-corrected chi connectivity index (χ4v) is 4.40. The van der Waals surface area contributed by atoms with Crippen LogP contribution < -0.4 is 4.90 Å². The third-order valence-electron chi connectivity index (χ3n) is 4.05. The summed E-state index contributed by atoms with van der Waals surface area (Å²) in [6.45, 7) is 0.256. The van der Waals surface area contributed by atoms with Crippen LogP contribution in [0, 0.1) is 0 Å². The number of hydrogen-bond acceptors (Lipinski definition) is 7. The molecule has 1 amide bonds. The number of thiazole rings is 1. The molecular formula is C19H15N3O4S2. The first-order valence-corrected chi connectivity index (χ1v) is 11.0. The van der Waals surface area contributed by atoms with Gasteiger partial charge >= 0.3 is 0 Å². The summed E-state index contributed by atoms with van der Waals surface area (Å²) in [7, 11) is -3.33. The van der Waals surface area contributed by atoms with Crippen LogP contribution in [0.5, 0.6) is 0 Å². The lowest BCUT2D eigenvalue weighted by molar-refractivity contribution is 0.0958. The van der Waals surface area contributed by atoms with Gasteiger partial charge in [-0.2, -0.15) is 0 Å². The lowest BCUT2D eigenvalue weighted by Crippen LogP contribution is -2.30. The van der Waals surface area contributed by atoms with Crippen molar-refractivity contribution in [2.24, 2.45) is 0 Å². The highest BCUT2D eigenvalue weighted by Crippen LogP contribution is 2.32. The molecule has 0 bridgehead atoms. The predicted octanol–water partition coefficient (Wildman–Crippen LogP) is 3.53. The second-order valence-electron chi connectivity index (χ2n) is 6.13. The van der Waals surface area contributed by atoms with Gasteiger partial charge in [-0.15, -0.1) is 0 Å². The maximum atomic E-state index is 13.0. The largest absolute Gasteiger partial charge is 0.459 e. The van der Waals surface area contributed by atoms with Crippen molar-refractivity contribution >= 4 is 42.4 Å². The van der Waals surface area contributed by atoms with E-state index in [0.717, 1.165) is 11.8 Å². The van der Waals surface area contributed by atoms with Gasteiger partial charge in [0.25, 0.3) is 5.91 Å². The minimum atomic E-state index is -3.33. The van der Waals surface area contributed by atoms with E-state index in [-0.39, 0.29) is 23.1 Å². The molecule has 7 nitrogen and oxygen atoms in total. The van der Waals surface area contributed by atoms with Crippen LogP contribution in [-0.2, 0) is 16.4 Å². The minimum Gasteiger partial charge on any atom is -0.459 e. The first-order chi connectivity index (χ1) is 13.4. The molecule has 1 aromatic carbocycles. The Kier molecular flexibility index (Phi) is 4.70. The van der Waals surface area contributed by atoms with E-state index in [1.165, 1.54) is 28.6 Å². The molecule has 4 rings (SSSR count). The highest BCUT2D eigenvalue weighted by molar-refractivity contribution is 7.90. The molecule has 0 saturated heterocycles. The van der Waals surface area contributed by atoms with Gasteiger partial charge in [0, 0.05) is 18.6 Å². The average molecular weight is 413 g/mol. The Hall–Kier alpha value is -3.04. The molecule has 3 aromatic heterocycles. The number of hydrogen-bond donors (Lipinski definition) is 0. The van der Waals surface area contributed by atoms with Crippen LogP contribution in [0.4, 0.5) is 5.13 Å². The highest BCUT2D eigenvalue weighted by Gasteiger charge is 2.24. The molecular weight excluding hydrogens is 398 g/mol. The number of benzene rings is 1. The van der Waals surface area contributed by atoms with Crippen LogP contribution in [0.15, 0.2) is 70.4 Å². The second-order valence-corrected chi connectivity index (χ2v) is 9.15. The van der Waals surface area contributed by atoms with E-state index in [0.29, 0.717) is 15.3 Å². The van der Waals surface area contributed by atoms with E-state index in [2.05, 4.69) is 9.97 Å². The topological polar surface area (TPSA) is 93.4 Å². The number of rotatable bonds is 5. The summed E-state index contributed by atoms with van der Waals surface area (Å²) in [5.74, 6) is -0.142. The van der Waals surface area contributed by atoms with Crippen LogP contribution in [-0.4, -0.2) is 30.5 Å². The Morgan fingerprint density at radius 2 is 2.07 bits per heavy atom. The molecule has 4 aromatic rings. The molecule has 142 valence electrons. The van der Waals surface area contributed by atoms with E-state index in [4.69, 9.17) is 4.42 Å². The molecule has 9 heteroatoms. The average Bonchev–Trinajstić information content (AvgIpc) is 3.34. The number of anilines is 1. The van der Waals surface area contributed by atoms with Gasteiger partial charge in [0.15, 0.2) is 20.7 Å². The van der Waals surface area contributed by atoms with Gasteiger partial charge in [0.2, 0.25) is 0 Å². The Bertz CT molecular complexity index is 1230. The van der Waals surface area contributed by atoms with E-state index in [1.807, 2.05) is 6.07 Å². The zero-order valence-corrected chi connectivity index (χ0v) is 16.4. The van der Waals surface area contributed by atoms with Crippen molar-refractivity contribution in [3.8, 4) is 0 Å². The van der Waals surface area contributed by atoms with Crippen molar-refractivity contribution in [1.29, 1.82) is 0 Å². The number of nitrogens with zero attached hydrogens (tertiary/aromatic N) is 3. The molecule has 0 N–H and O–H groups in total.